The highest BCUT2D eigenvalue weighted by Crippen LogP contribution is 2.45. The lowest BCUT2D eigenvalue weighted by Crippen LogP contribution is -2.46. The highest BCUT2D eigenvalue weighted by atomic mass is 19.4. The van der Waals surface area contributed by atoms with Crippen LogP contribution in [0.5, 0.6) is 11.5 Å². The molecule has 1 aliphatic rings. The Balaban J connectivity index is 1.65. The van der Waals surface area contributed by atoms with Gasteiger partial charge in [0, 0.05) is 25.9 Å². The summed E-state index contributed by atoms with van der Waals surface area (Å²) in [6, 6.07) is 24.5. The fourth-order valence-electron chi connectivity index (χ4n) is 6.24. The third-order valence-electron chi connectivity index (χ3n) is 8.72. The van der Waals surface area contributed by atoms with Crippen LogP contribution in [-0.2, 0) is 24.6 Å². The Labute approximate surface area is 290 Å². The number of amides is 1. The van der Waals surface area contributed by atoms with E-state index in [2.05, 4.69) is 4.98 Å². The van der Waals surface area contributed by atoms with E-state index in [-0.39, 0.29) is 19.4 Å². The lowest BCUT2D eigenvalue weighted by molar-refractivity contribution is -0.173. The number of methoxy groups -OCH3 is 3. The number of aliphatic hydroxyl groups is 1. The van der Waals surface area contributed by atoms with Crippen molar-refractivity contribution in [2.75, 3.05) is 27.9 Å². The van der Waals surface area contributed by atoms with Gasteiger partial charge in [0.2, 0.25) is 0 Å². The molecule has 272 valence electrons. The number of hydrogen-bond acceptors (Lipinski definition) is 9. The van der Waals surface area contributed by atoms with Gasteiger partial charge in [0.15, 0.2) is 6.23 Å². The van der Waals surface area contributed by atoms with Crippen molar-refractivity contribution >= 4 is 5.91 Å². The van der Waals surface area contributed by atoms with Gasteiger partial charge in [0.05, 0.1) is 20.3 Å². The zero-order chi connectivity index (χ0) is 36.8. The molecule has 0 saturated carbocycles. The van der Waals surface area contributed by atoms with E-state index in [1.807, 2.05) is 59.9 Å². The highest BCUT2D eigenvalue weighted by Gasteiger charge is 2.51. The third kappa shape index (κ3) is 8.01. The number of H-pyrrole nitrogens is 1. The molecular formula is C36H38F3N3O9. The number of alkyl halides is 3. The lowest BCUT2D eigenvalue weighted by atomic mass is 9.79. The average Bonchev–Trinajstić information content (AvgIpc) is 3.46. The average molecular weight is 714 g/mol. The molecule has 0 spiro atoms. The monoisotopic (exact) mass is 713 g/mol. The summed E-state index contributed by atoms with van der Waals surface area (Å²) in [4.78, 5) is 38.4. The first-order valence-electron chi connectivity index (χ1n) is 16.0. The molecule has 0 bridgehead atoms. The fraction of sp³-hybridized carbons (Fsp3) is 0.361. The number of aliphatic hydroxyl groups excluding tert-OH is 1. The summed E-state index contributed by atoms with van der Waals surface area (Å²) in [6.45, 7) is -0.374. The molecule has 5 rings (SSSR count). The minimum Gasteiger partial charge on any atom is -0.497 e. The summed E-state index contributed by atoms with van der Waals surface area (Å²) < 4.78 is 70.0. The van der Waals surface area contributed by atoms with Crippen molar-refractivity contribution < 1.29 is 46.8 Å². The number of hydrogen-bond donors (Lipinski definition) is 3. The fourth-order valence-corrected chi connectivity index (χ4v) is 6.24. The first-order valence-corrected chi connectivity index (χ1v) is 16.0. The van der Waals surface area contributed by atoms with Crippen molar-refractivity contribution in [2.45, 2.75) is 55.3 Å². The zero-order valence-corrected chi connectivity index (χ0v) is 28.0. The summed E-state index contributed by atoms with van der Waals surface area (Å²) in [6.07, 6.45) is -10.1. The van der Waals surface area contributed by atoms with Gasteiger partial charge in [-0.25, -0.2) is 4.79 Å². The first-order chi connectivity index (χ1) is 24.4. The highest BCUT2D eigenvalue weighted by molar-refractivity contribution is 5.81. The minimum absolute atomic E-state index is 0.0317. The van der Waals surface area contributed by atoms with E-state index >= 15 is 0 Å². The molecule has 1 unspecified atom stereocenters. The van der Waals surface area contributed by atoms with E-state index < -0.39 is 59.6 Å². The second kappa shape index (κ2) is 15.9. The van der Waals surface area contributed by atoms with Crippen LogP contribution in [0.15, 0.2) is 101 Å². The van der Waals surface area contributed by atoms with Gasteiger partial charge in [0.25, 0.3) is 5.56 Å². The molecule has 0 aliphatic carbocycles. The smallest absolute Gasteiger partial charge is 0.471 e. The lowest BCUT2D eigenvalue weighted by Gasteiger charge is -2.41. The molecule has 3 N–H and O–H groups in total. The van der Waals surface area contributed by atoms with Gasteiger partial charge in [-0.15, -0.1) is 0 Å². The van der Waals surface area contributed by atoms with Gasteiger partial charge in [-0.1, -0.05) is 54.6 Å². The van der Waals surface area contributed by atoms with Crippen LogP contribution in [-0.4, -0.2) is 79.0 Å². The topological polar surface area (TPSA) is 150 Å². The number of aromatic amines is 1. The standard InChI is InChI=1S/C36H38F3N3O9/c1-47-25-15-11-23(12-16-25)35(22-8-5-4-6-9-22,24-13-17-26(48-2)18-14-24)51-27(10-7-20-40-33(45)36(37,38)39)30-29(44)31(49-3)32(50-30)42-21-19-28(43)41-34(42)46/h4-6,8-9,11-19,21,27,29-32,44H,7,10,20H2,1-3H3,(H,40,45)(H,41,43,46)/t27?,29-,30-,31-,32-/m1/s1. The molecule has 1 aliphatic heterocycles. The Morgan fingerprint density at radius 1 is 0.902 bits per heavy atom. The summed E-state index contributed by atoms with van der Waals surface area (Å²) in [5, 5.41) is 13.6. The number of benzene rings is 3. The van der Waals surface area contributed by atoms with Crippen molar-refractivity contribution in [3.63, 3.8) is 0 Å². The van der Waals surface area contributed by atoms with Crippen LogP contribution < -0.4 is 26.0 Å². The molecule has 1 saturated heterocycles. The van der Waals surface area contributed by atoms with Crippen molar-refractivity contribution in [3.8, 4) is 11.5 Å². The molecular weight excluding hydrogens is 675 g/mol. The second-order valence-electron chi connectivity index (χ2n) is 11.8. The van der Waals surface area contributed by atoms with Gasteiger partial charge < -0.3 is 34.1 Å². The molecule has 15 heteroatoms. The molecule has 3 aromatic carbocycles. The van der Waals surface area contributed by atoms with E-state index in [0.717, 1.165) is 10.6 Å². The van der Waals surface area contributed by atoms with E-state index in [9.17, 15) is 32.7 Å². The van der Waals surface area contributed by atoms with Crippen LogP contribution in [0.25, 0.3) is 0 Å². The minimum atomic E-state index is -5.07. The number of carbonyl (C=O) groups is 1. The van der Waals surface area contributed by atoms with Gasteiger partial charge in [0.1, 0.15) is 35.4 Å². The Hall–Kier alpha value is -4.96. The summed E-state index contributed by atoms with van der Waals surface area (Å²) in [7, 11) is 4.37. The van der Waals surface area contributed by atoms with E-state index in [4.69, 9.17) is 23.7 Å². The second-order valence-corrected chi connectivity index (χ2v) is 11.8. The van der Waals surface area contributed by atoms with E-state index in [1.165, 1.54) is 27.5 Å². The van der Waals surface area contributed by atoms with Gasteiger partial charge in [-0.05, 0) is 53.8 Å². The molecule has 2 heterocycles. The SMILES string of the molecule is COc1ccc(C(OC(CCCNC(=O)C(F)(F)F)[C@H]2O[C@@H](n3ccc(=O)[nH]c3=O)[C@H](OC)[C@@H]2O)(c2ccccc2)c2ccc(OC)cc2)cc1. The molecule has 12 nitrogen and oxygen atoms in total. The van der Waals surface area contributed by atoms with Crippen LogP contribution in [0.2, 0.25) is 0 Å². The Bertz CT molecular complexity index is 1820. The molecule has 0 radical (unpaired) electrons. The van der Waals surface area contributed by atoms with Crippen LogP contribution in [0, 0.1) is 0 Å². The Morgan fingerprint density at radius 2 is 1.47 bits per heavy atom. The van der Waals surface area contributed by atoms with E-state index in [0.29, 0.717) is 28.2 Å². The number of aromatic nitrogens is 2. The van der Waals surface area contributed by atoms with Crippen molar-refractivity contribution in [1.82, 2.24) is 14.9 Å². The van der Waals surface area contributed by atoms with Crippen molar-refractivity contribution in [2.24, 2.45) is 0 Å². The number of ether oxygens (including phenoxy) is 5. The molecule has 51 heavy (non-hydrogen) atoms. The van der Waals surface area contributed by atoms with Gasteiger partial charge in [-0.2, -0.15) is 13.2 Å². The first kappa shape index (κ1) is 37.3. The molecule has 1 amide bonds. The quantitative estimate of drug-likeness (QED) is 0.132. The van der Waals surface area contributed by atoms with Crippen molar-refractivity contribution in [1.29, 1.82) is 0 Å². The number of nitrogens with one attached hydrogen (secondary N) is 2. The number of carbonyl (C=O) groups excluding carboxylic acids is 1. The van der Waals surface area contributed by atoms with Crippen LogP contribution >= 0.6 is 0 Å². The van der Waals surface area contributed by atoms with Crippen LogP contribution in [0.1, 0.15) is 35.8 Å². The van der Waals surface area contributed by atoms with Crippen LogP contribution in [0.4, 0.5) is 13.2 Å². The van der Waals surface area contributed by atoms with Crippen LogP contribution in [0.3, 0.4) is 0 Å². The maximum absolute atomic E-state index is 13.0. The molecule has 1 aromatic heterocycles. The largest absolute Gasteiger partial charge is 0.497 e. The number of rotatable bonds is 14. The zero-order valence-electron chi connectivity index (χ0n) is 28.0. The van der Waals surface area contributed by atoms with Gasteiger partial charge in [-0.3, -0.25) is 19.1 Å². The molecule has 5 atom stereocenters. The summed E-state index contributed by atoms with van der Waals surface area (Å²) in [5.74, 6) is -0.956. The van der Waals surface area contributed by atoms with Gasteiger partial charge >= 0.3 is 17.8 Å². The molecule has 1 fully saturated rings. The summed E-state index contributed by atoms with van der Waals surface area (Å²) >= 11 is 0. The summed E-state index contributed by atoms with van der Waals surface area (Å²) in [5.41, 5.74) is -1.00. The Kier molecular flexibility index (Phi) is 11.7. The maximum atomic E-state index is 13.0. The third-order valence-corrected chi connectivity index (χ3v) is 8.72. The molecule has 4 aromatic rings. The maximum Gasteiger partial charge on any atom is 0.471 e. The number of nitrogens with zero attached hydrogens (tertiary/aromatic N) is 1. The van der Waals surface area contributed by atoms with Crippen molar-refractivity contribution in [3.05, 3.63) is 129 Å². The predicted molar refractivity (Wildman–Crippen MR) is 178 cm³/mol. The number of halogens is 3. The predicted octanol–water partition coefficient (Wildman–Crippen LogP) is 3.66. The Morgan fingerprint density at radius 3 is 1.98 bits per heavy atom. The van der Waals surface area contributed by atoms with E-state index in [1.54, 1.807) is 24.3 Å². The normalized spacial score (nSPS) is 19.7.